The Balaban J connectivity index is 1.96. The number of carbonyl (C=O) groups is 2. The first-order chi connectivity index (χ1) is 13.0. The molecule has 0 unspecified atom stereocenters. The predicted molar refractivity (Wildman–Crippen MR) is 100 cm³/mol. The smallest absolute Gasteiger partial charge is 0.275 e. The number of benzene rings is 1. The standard InChI is InChI=1S/C20H25FN4O2/c1-3-22-18(26)13-24(4-2)20(27)19-16-7-5-6-8-17(16)25(23-19)15-11-9-14(21)10-12-15/h9-12H,3-8,13H2,1-2H3,(H,22,26). The second-order valence-electron chi connectivity index (χ2n) is 6.64. The molecular formula is C20H25FN4O2. The van der Waals surface area contributed by atoms with Gasteiger partial charge in [0.2, 0.25) is 5.91 Å². The highest BCUT2D eigenvalue weighted by molar-refractivity contribution is 5.96. The molecule has 7 heteroatoms. The van der Waals surface area contributed by atoms with Gasteiger partial charge < -0.3 is 10.2 Å². The minimum atomic E-state index is -0.310. The average molecular weight is 372 g/mol. The van der Waals surface area contributed by atoms with Gasteiger partial charge in [-0.25, -0.2) is 9.07 Å². The topological polar surface area (TPSA) is 67.2 Å². The fourth-order valence-electron chi connectivity index (χ4n) is 3.47. The number of likely N-dealkylation sites (N-methyl/N-ethyl adjacent to an activating group) is 2. The van der Waals surface area contributed by atoms with Crippen molar-refractivity contribution in [3.63, 3.8) is 0 Å². The van der Waals surface area contributed by atoms with Crippen molar-refractivity contribution in [2.45, 2.75) is 39.5 Å². The Kier molecular flexibility index (Phi) is 5.88. The molecule has 0 spiro atoms. The molecule has 144 valence electrons. The molecule has 3 rings (SSSR count). The second-order valence-corrected chi connectivity index (χ2v) is 6.64. The van der Waals surface area contributed by atoms with Crippen LogP contribution in [0.1, 0.15) is 48.4 Å². The van der Waals surface area contributed by atoms with Crippen LogP contribution in [0, 0.1) is 5.82 Å². The third-order valence-electron chi connectivity index (χ3n) is 4.83. The van der Waals surface area contributed by atoms with Crippen LogP contribution in [0.25, 0.3) is 5.69 Å². The monoisotopic (exact) mass is 372 g/mol. The number of nitrogens with zero attached hydrogens (tertiary/aromatic N) is 3. The van der Waals surface area contributed by atoms with E-state index in [4.69, 9.17) is 0 Å². The molecule has 6 nitrogen and oxygen atoms in total. The third kappa shape index (κ3) is 4.02. The van der Waals surface area contributed by atoms with Crippen LogP contribution >= 0.6 is 0 Å². The molecule has 0 bridgehead atoms. The number of hydrogen-bond donors (Lipinski definition) is 1. The lowest BCUT2D eigenvalue weighted by molar-refractivity contribution is -0.121. The van der Waals surface area contributed by atoms with Gasteiger partial charge in [0.05, 0.1) is 12.2 Å². The summed E-state index contributed by atoms with van der Waals surface area (Å²) in [6.45, 7) is 4.66. The molecule has 0 atom stereocenters. The van der Waals surface area contributed by atoms with Gasteiger partial charge in [0, 0.05) is 24.3 Å². The van der Waals surface area contributed by atoms with Gasteiger partial charge in [0.25, 0.3) is 5.91 Å². The molecule has 1 aromatic heterocycles. The lowest BCUT2D eigenvalue weighted by atomic mass is 9.95. The number of rotatable bonds is 6. The summed E-state index contributed by atoms with van der Waals surface area (Å²) in [6.07, 6.45) is 3.65. The van der Waals surface area contributed by atoms with Crippen LogP contribution in [0.5, 0.6) is 0 Å². The summed E-state index contributed by atoms with van der Waals surface area (Å²) >= 11 is 0. The molecule has 0 saturated carbocycles. The van der Waals surface area contributed by atoms with Crippen LogP contribution in [-0.2, 0) is 17.6 Å². The van der Waals surface area contributed by atoms with E-state index in [-0.39, 0.29) is 24.2 Å². The van der Waals surface area contributed by atoms with Crippen molar-refractivity contribution >= 4 is 11.8 Å². The van der Waals surface area contributed by atoms with E-state index in [1.807, 2.05) is 13.8 Å². The molecular weight excluding hydrogens is 347 g/mol. The van der Waals surface area contributed by atoms with Gasteiger partial charge in [0.15, 0.2) is 5.69 Å². The maximum Gasteiger partial charge on any atom is 0.275 e. The third-order valence-corrected chi connectivity index (χ3v) is 4.83. The minimum Gasteiger partial charge on any atom is -0.355 e. The zero-order chi connectivity index (χ0) is 19.4. The van der Waals surface area contributed by atoms with Crippen molar-refractivity contribution in [3.05, 3.63) is 47.0 Å². The van der Waals surface area contributed by atoms with Crippen LogP contribution < -0.4 is 5.32 Å². The Labute approximate surface area is 158 Å². The van der Waals surface area contributed by atoms with Crippen LogP contribution in [0.3, 0.4) is 0 Å². The highest BCUT2D eigenvalue weighted by Gasteiger charge is 2.28. The van der Waals surface area contributed by atoms with E-state index in [0.29, 0.717) is 18.8 Å². The van der Waals surface area contributed by atoms with E-state index < -0.39 is 0 Å². The van der Waals surface area contributed by atoms with Gasteiger partial charge in [0.1, 0.15) is 5.82 Å². The fourth-order valence-corrected chi connectivity index (χ4v) is 3.47. The summed E-state index contributed by atoms with van der Waals surface area (Å²) in [5.41, 5.74) is 3.09. The van der Waals surface area contributed by atoms with Crippen molar-refractivity contribution in [3.8, 4) is 5.69 Å². The number of nitrogens with one attached hydrogen (secondary N) is 1. The molecule has 0 radical (unpaired) electrons. The van der Waals surface area contributed by atoms with Crippen molar-refractivity contribution in [2.75, 3.05) is 19.6 Å². The van der Waals surface area contributed by atoms with Crippen LogP contribution in [0.4, 0.5) is 4.39 Å². The Morgan fingerprint density at radius 1 is 1.19 bits per heavy atom. The molecule has 1 aromatic carbocycles. The van der Waals surface area contributed by atoms with Crippen LogP contribution in [0.2, 0.25) is 0 Å². The molecule has 1 aliphatic rings. The lowest BCUT2D eigenvalue weighted by Gasteiger charge is -2.20. The number of amides is 2. The van der Waals surface area contributed by atoms with Crippen molar-refractivity contribution in [1.82, 2.24) is 20.0 Å². The Hall–Kier alpha value is -2.70. The van der Waals surface area contributed by atoms with E-state index in [2.05, 4.69) is 10.4 Å². The van der Waals surface area contributed by atoms with E-state index in [0.717, 1.165) is 42.6 Å². The molecule has 0 fully saturated rings. The minimum absolute atomic E-state index is 0.0152. The van der Waals surface area contributed by atoms with E-state index >= 15 is 0 Å². The molecule has 1 N–H and O–H groups in total. The zero-order valence-electron chi connectivity index (χ0n) is 15.8. The number of halogens is 1. The van der Waals surface area contributed by atoms with Gasteiger partial charge in [-0.1, -0.05) is 0 Å². The first-order valence-corrected chi connectivity index (χ1v) is 9.47. The molecule has 2 aromatic rings. The first kappa shape index (κ1) is 19.1. The highest BCUT2D eigenvalue weighted by atomic mass is 19.1. The normalized spacial score (nSPS) is 13.1. The summed E-state index contributed by atoms with van der Waals surface area (Å²) in [7, 11) is 0. The fraction of sp³-hybridized carbons (Fsp3) is 0.450. The Morgan fingerprint density at radius 2 is 1.89 bits per heavy atom. The maximum absolute atomic E-state index is 13.3. The summed E-state index contributed by atoms with van der Waals surface area (Å²) < 4.78 is 15.0. The number of fused-ring (bicyclic) bond motifs is 1. The quantitative estimate of drug-likeness (QED) is 0.847. The second kappa shape index (κ2) is 8.33. The first-order valence-electron chi connectivity index (χ1n) is 9.47. The van der Waals surface area contributed by atoms with Crippen LogP contribution in [0.15, 0.2) is 24.3 Å². The summed E-state index contributed by atoms with van der Waals surface area (Å²) in [5.74, 6) is -0.725. The molecule has 0 saturated heterocycles. The number of carbonyl (C=O) groups excluding carboxylic acids is 2. The summed E-state index contributed by atoms with van der Waals surface area (Å²) in [4.78, 5) is 26.5. The lowest BCUT2D eigenvalue weighted by Crippen LogP contribution is -2.41. The number of hydrogen-bond acceptors (Lipinski definition) is 3. The van der Waals surface area contributed by atoms with E-state index in [1.54, 1.807) is 16.8 Å². The Bertz CT molecular complexity index is 829. The Morgan fingerprint density at radius 3 is 2.56 bits per heavy atom. The van der Waals surface area contributed by atoms with Gasteiger partial charge in [-0.3, -0.25) is 9.59 Å². The molecule has 1 aliphatic carbocycles. The molecule has 27 heavy (non-hydrogen) atoms. The maximum atomic E-state index is 13.3. The molecule has 2 amide bonds. The van der Waals surface area contributed by atoms with Crippen molar-refractivity contribution in [1.29, 1.82) is 0 Å². The molecule has 0 aliphatic heterocycles. The summed E-state index contributed by atoms with van der Waals surface area (Å²) in [6, 6.07) is 6.11. The van der Waals surface area contributed by atoms with Crippen LogP contribution in [-0.4, -0.2) is 46.1 Å². The summed E-state index contributed by atoms with van der Waals surface area (Å²) in [5, 5.41) is 7.31. The SMILES string of the molecule is CCNC(=O)CN(CC)C(=O)c1nn(-c2ccc(F)cc2)c2c1CCCC2. The highest BCUT2D eigenvalue weighted by Crippen LogP contribution is 2.27. The van der Waals surface area contributed by atoms with Gasteiger partial charge >= 0.3 is 0 Å². The van der Waals surface area contributed by atoms with E-state index in [1.165, 1.54) is 17.0 Å². The van der Waals surface area contributed by atoms with E-state index in [9.17, 15) is 14.0 Å². The largest absolute Gasteiger partial charge is 0.355 e. The number of aromatic nitrogens is 2. The van der Waals surface area contributed by atoms with Crippen molar-refractivity contribution < 1.29 is 14.0 Å². The average Bonchev–Trinajstić information content (AvgIpc) is 3.06. The van der Waals surface area contributed by atoms with Gasteiger partial charge in [-0.05, 0) is 63.8 Å². The van der Waals surface area contributed by atoms with Crippen molar-refractivity contribution in [2.24, 2.45) is 0 Å². The van der Waals surface area contributed by atoms with Gasteiger partial charge in [-0.15, -0.1) is 0 Å². The van der Waals surface area contributed by atoms with Gasteiger partial charge in [-0.2, -0.15) is 5.10 Å². The predicted octanol–water partition coefficient (Wildman–Crippen LogP) is 2.49. The molecule has 1 heterocycles. The zero-order valence-corrected chi connectivity index (χ0v) is 15.8.